The number of guanidine groups is 1. The van der Waals surface area contributed by atoms with Gasteiger partial charge in [-0.2, -0.15) is 0 Å². The van der Waals surface area contributed by atoms with Gasteiger partial charge in [0.1, 0.15) is 12.4 Å². The molecule has 0 radical (unpaired) electrons. The number of fused-ring (bicyclic) bond motifs is 1. The first-order valence-electron chi connectivity index (χ1n) is 8.68. The van der Waals surface area contributed by atoms with Crippen LogP contribution in [0.3, 0.4) is 0 Å². The highest BCUT2D eigenvalue weighted by atomic mass is 127. The highest BCUT2D eigenvalue weighted by molar-refractivity contribution is 14.0. The molecule has 0 saturated carbocycles. The molecule has 0 amide bonds. The van der Waals surface area contributed by atoms with Gasteiger partial charge in [0.2, 0.25) is 0 Å². The van der Waals surface area contributed by atoms with Crippen LogP contribution in [-0.2, 0) is 18.3 Å². The fraction of sp³-hybridized carbons (Fsp3) is 0.556. The van der Waals surface area contributed by atoms with Gasteiger partial charge in [0.25, 0.3) is 0 Å². The zero-order valence-electron chi connectivity index (χ0n) is 15.2. The van der Waals surface area contributed by atoms with Crippen LogP contribution < -0.4 is 10.6 Å². The number of hydrogen-bond donors (Lipinski definition) is 2. The van der Waals surface area contributed by atoms with E-state index >= 15 is 0 Å². The summed E-state index contributed by atoms with van der Waals surface area (Å²) >= 11 is 0. The Kier molecular flexibility index (Phi) is 7.06. The first-order chi connectivity index (χ1) is 11.6. The second-order valence-corrected chi connectivity index (χ2v) is 6.53. The molecule has 1 unspecified atom stereocenters. The topological polar surface area (TPSA) is 63.5 Å². The van der Waals surface area contributed by atoms with Crippen LogP contribution in [0.1, 0.15) is 32.5 Å². The van der Waals surface area contributed by atoms with Gasteiger partial charge in [-0.1, -0.05) is 12.1 Å². The summed E-state index contributed by atoms with van der Waals surface area (Å²) in [6, 6.07) is 8.16. The van der Waals surface area contributed by atoms with E-state index in [0.717, 1.165) is 55.4 Å². The van der Waals surface area contributed by atoms with Crippen molar-refractivity contribution in [2.75, 3.05) is 19.7 Å². The number of hydrogen-bond acceptors (Lipinski definition) is 3. The molecule has 3 rings (SSSR count). The Labute approximate surface area is 166 Å². The van der Waals surface area contributed by atoms with Crippen molar-refractivity contribution < 1.29 is 4.74 Å². The Morgan fingerprint density at radius 2 is 2.16 bits per heavy atom. The number of aliphatic imine (C=N–C) groups is 1. The summed E-state index contributed by atoms with van der Waals surface area (Å²) in [5.41, 5.74) is 2.05. The molecule has 25 heavy (non-hydrogen) atoms. The lowest BCUT2D eigenvalue weighted by Crippen LogP contribution is -2.45. The Bertz CT molecular complexity index is 721. The fourth-order valence-corrected chi connectivity index (χ4v) is 3.08. The highest BCUT2D eigenvalue weighted by Gasteiger charge is 2.29. The second-order valence-electron chi connectivity index (χ2n) is 6.53. The molecule has 1 saturated heterocycles. The van der Waals surface area contributed by atoms with Crippen molar-refractivity contribution in [3.8, 4) is 0 Å². The van der Waals surface area contributed by atoms with Crippen LogP contribution >= 0.6 is 24.0 Å². The van der Waals surface area contributed by atoms with Crippen molar-refractivity contribution in [3.05, 3.63) is 30.1 Å². The maximum Gasteiger partial charge on any atom is 0.191 e. The van der Waals surface area contributed by atoms with E-state index < -0.39 is 0 Å². The lowest BCUT2D eigenvalue weighted by atomic mass is 10.0. The van der Waals surface area contributed by atoms with E-state index in [0.29, 0.717) is 6.54 Å². The predicted molar refractivity (Wildman–Crippen MR) is 113 cm³/mol. The number of halogens is 1. The van der Waals surface area contributed by atoms with Crippen molar-refractivity contribution in [1.82, 2.24) is 20.2 Å². The largest absolute Gasteiger partial charge is 0.373 e. The zero-order chi connectivity index (χ0) is 17.0. The van der Waals surface area contributed by atoms with Gasteiger partial charge in [-0.05, 0) is 38.8 Å². The number of aryl methyl sites for hydroxylation is 1. The van der Waals surface area contributed by atoms with Crippen molar-refractivity contribution in [2.24, 2.45) is 12.0 Å². The highest BCUT2D eigenvalue weighted by Crippen LogP contribution is 2.23. The summed E-state index contributed by atoms with van der Waals surface area (Å²) in [6.07, 6.45) is 2.22. The number of nitrogens with one attached hydrogen (secondary N) is 2. The molecule has 2 heterocycles. The molecule has 0 bridgehead atoms. The minimum Gasteiger partial charge on any atom is -0.373 e. The molecule has 6 nitrogen and oxygen atoms in total. The van der Waals surface area contributed by atoms with Crippen molar-refractivity contribution in [1.29, 1.82) is 0 Å². The van der Waals surface area contributed by atoms with Crippen molar-refractivity contribution in [3.63, 3.8) is 0 Å². The lowest BCUT2D eigenvalue weighted by molar-refractivity contribution is 0.0243. The van der Waals surface area contributed by atoms with E-state index in [-0.39, 0.29) is 29.6 Å². The molecule has 1 aliphatic heterocycles. The Morgan fingerprint density at radius 1 is 1.36 bits per heavy atom. The van der Waals surface area contributed by atoms with Gasteiger partial charge < -0.3 is 19.9 Å². The van der Waals surface area contributed by atoms with Gasteiger partial charge in [-0.3, -0.25) is 0 Å². The molecule has 7 heteroatoms. The quantitative estimate of drug-likeness (QED) is 0.412. The van der Waals surface area contributed by atoms with Crippen LogP contribution in [0.4, 0.5) is 0 Å². The Morgan fingerprint density at radius 3 is 2.84 bits per heavy atom. The number of imidazole rings is 1. The van der Waals surface area contributed by atoms with Crippen LogP contribution in [0.5, 0.6) is 0 Å². The van der Waals surface area contributed by atoms with Crippen molar-refractivity contribution in [2.45, 2.75) is 38.8 Å². The van der Waals surface area contributed by atoms with E-state index in [9.17, 15) is 0 Å². The van der Waals surface area contributed by atoms with Gasteiger partial charge in [0.05, 0.1) is 16.6 Å². The fourth-order valence-electron chi connectivity index (χ4n) is 3.08. The second kappa shape index (κ2) is 8.84. The number of para-hydroxylation sites is 2. The van der Waals surface area contributed by atoms with Crippen molar-refractivity contribution >= 4 is 41.0 Å². The van der Waals surface area contributed by atoms with Gasteiger partial charge in [0, 0.05) is 26.7 Å². The number of rotatable bonds is 5. The average Bonchev–Trinajstić information content (AvgIpc) is 3.15. The number of benzene rings is 1. The molecule has 0 spiro atoms. The lowest BCUT2D eigenvalue weighted by Gasteiger charge is -2.24. The molecule has 1 aromatic heterocycles. The van der Waals surface area contributed by atoms with E-state index in [1.54, 1.807) is 0 Å². The maximum absolute atomic E-state index is 5.83. The van der Waals surface area contributed by atoms with E-state index in [1.807, 2.05) is 25.2 Å². The van der Waals surface area contributed by atoms with E-state index in [4.69, 9.17) is 4.74 Å². The van der Waals surface area contributed by atoms with Crippen LogP contribution in [0.15, 0.2) is 29.3 Å². The molecule has 2 aromatic rings. The summed E-state index contributed by atoms with van der Waals surface area (Å²) < 4.78 is 7.93. The third-order valence-corrected chi connectivity index (χ3v) is 4.53. The van der Waals surface area contributed by atoms with E-state index in [2.05, 4.69) is 45.1 Å². The average molecular weight is 457 g/mol. The standard InChI is InChI=1S/C18H27N5O.HI/c1-4-19-17(21-13-18(2)10-7-11-24-18)20-12-16-22-14-8-5-6-9-15(14)23(16)3;/h5-6,8-9H,4,7,10-13H2,1-3H3,(H2,19,20,21);1H. The monoisotopic (exact) mass is 457 g/mol. The molecule has 0 aliphatic carbocycles. The molecular formula is C18H28IN5O. The van der Waals surface area contributed by atoms with Gasteiger partial charge in [-0.25, -0.2) is 9.98 Å². The number of nitrogens with zero attached hydrogens (tertiary/aromatic N) is 3. The summed E-state index contributed by atoms with van der Waals surface area (Å²) in [6.45, 7) is 7.21. The van der Waals surface area contributed by atoms with Crippen LogP contribution in [-0.4, -0.2) is 40.8 Å². The SMILES string of the molecule is CCNC(=NCc1nc2ccccc2n1C)NCC1(C)CCCO1.I. The van der Waals surface area contributed by atoms with Crippen LogP contribution in [0.25, 0.3) is 11.0 Å². The summed E-state index contributed by atoms with van der Waals surface area (Å²) in [5, 5.41) is 6.70. The minimum atomic E-state index is -0.0892. The molecule has 2 N–H and O–H groups in total. The normalized spacial score (nSPS) is 20.5. The summed E-state index contributed by atoms with van der Waals surface area (Å²) in [5.74, 6) is 1.76. The van der Waals surface area contributed by atoms with Gasteiger partial charge in [0.15, 0.2) is 5.96 Å². The first kappa shape index (κ1) is 20.0. The van der Waals surface area contributed by atoms with Gasteiger partial charge in [-0.15, -0.1) is 24.0 Å². The van der Waals surface area contributed by atoms with E-state index in [1.165, 1.54) is 0 Å². The molecule has 1 aromatic carbocycles. The third-order valence-electron chi connectivity index (χ3n) is 4.53. The van der Waals surface area contributed by atoms with Crippen LogP contribution in [0.2, 0.25) is 0 Å². The molecule has 138 valence electrons. The first-order valence-corrected chi connectivity index (χ1v) is 8.68. The van der Waals surface area contributed by atoms with Crippen LogP contribution in [0, 0.1) is 0 Å². The number of ether oxygens (including phenoxy) is 1. The third kappa shape index (κ3) is 4.84. The molecule has 1 aliphatic rings. The molecular weight excluding hydrogens is 429 g/mol. The Balaban J connectivity index is 0.00000225. The summed E-state index contributed by atoms with van der Waals surface area (Å²) in [7, 11) is 2.04. The maximum atomic E-state index is 5.83. The Hall–Kier alpha value is -1.35. The molecule has 1 atom stereocenters. The number of aromatic nitrogens is 2. The smallest absolute Gasteiger partial charge is 0.191 e. The van der Waals surface area contributed by atoms with Gasteiger partial charge >= 0.3 is 0 Å². The predicted octanol–water partition coefficient (Wildman–Crippen LogP) is 2.82. The molecule has 1 fully saturated rings. The zero-order valence-corrected chi connectivity index (χ0v) is 17.5. The summed E-state index contributed by atoms with van der Waals surface area (Å²) in [4.78, 5) is 9.36. The minimum absolute atomic E-state index is 0.